The Morgan fingerprint density at radius 3 is 2.69 bits per heavy atom. The number of rotatable bonds is 5. The van der Waals surface area contributed by atoms with Crippen LogP contribution in [0.1, 0.15) is 19.2 Å². The highest BCUT2D eigenvalue weighted by molar-refractivity contribution is 7.98. The van der Waals surface area contributed by atoms with E-state index in [4.69, 9.17) is 4.98 Å². The van der Waals surface area contributed by atoms with E-state index in [2.05, 4.69) is 22.4 Å². The number of aromatic nitrogens is 6. The summed E-state index contributed by atoms with van der Waals surface area (Å²) in [5, 5.41) is 15.2. The van der Waals surface area contributed by atoms with Crippen LogP contribution in [-0.2, 0) is 19.3 Å². The van der Waals surface area contributed by atoms with Crippen molar-refractivity contribution in [2.75, 3.05) is 0 Å². The second-order valence-electron chi connectivity index (χ2n) is 6.08. The molecule has 0 bridgehead atoms. The van der Waals surface area contributed by atoms with Gasteiger partial charge in [0.1, 0.15) is 0 Å². The Balaban J connectivity index is 1.73. The van der Waals surface area contributed by atoms with E-state index >= 15 is 0 Å². The van der Waals surface area contributed by atoms with Crippen LogP contribution in [0.5, 0.6) is 0 Å². The zero-order chi connectivity index (χ0) is 18.1. The molecule has 0 N–H and O–H groups in total. The molecule has 0 saturated heterocycles. The van der Waals surface area contributed by atoms with Crippen LogP contribution in [-0.4, -0.2) is 29.8 Å². The van der Waals surface area contributed by atoms with Gasteiger partial charge in [-0.2, -0.15) is 0 Å². The maximum atomic E-state index is 12.8. The molecule has 0 fully saturated rings. The van der Waals surface area contributed by atoms with Gasteiger partial charge in [0.25, 0.3) is 5.56 Å². The summed E-state index contributed by atoms with van der Waals surface area (Å²) in [5.41, 5.74) is 0.666. The summed E-state index contributed by atoms with van der Waals surface area (Å²) in [7, 11) is 1.75. The quantitative estimate of drug-likeness (QED) is 0.307. The lowest BCUT2D eigenvalue weighted by Crippen LogP contribution is -2.20. The maximum absolute atomic E-state index is 12.8. The molecule has 0 atom stereocenters. The number of benzene rings is 2. The van der Waals surface area contributed by atoms with E-state index in [-0.39, 0.29) is 5.56 Å². The predicted octanol–water partition coefficient (Wildman–Crippen LogP) is 2.78. The number of hydrogen-bond donors (Lipinski definition) is 0. The molecule has 7 nitrogen and oxygen atoms in total. The number of aryl methyl sites for hydroxylation is 1. The van der Waals surface area contributed by atoms with E-state index < -0.39 is 0 Å². The Morgan fingerprint density at radius 2 is 1.92 bits per heavy atom. The van der Waals surface area contributed by atoms with Crippen molar-refractivity contribution in [3.63, 3.8) is 0 Å². The lowest BCUT2D eigenvalue weighted by Gasteiger charge is -2.09. The normalized spacial score (nSPS) is 11.5. The standard InChI is InChI=1S/C18H18N6OS/c1-3-8-24-16(20-21-22-24)11-26-18-19-15-10-13-7-5-4-6-12(13)9-14(15)17(25)23(18)2/h4-7,9-10H,3,8,11H2,1-2H3. The van der Waals surface area contributed by atoms with Crippen molar-refractivity contribution in [3.8, 4) is 0 Å². The topological polar surface area (TPSA) is 78.5 Å². The fourth-order valence-corrected chi connectivity index (χ4v) is 3.81. The molecule has 2 heterocycles. The van der Waals surface area contributed by atoms with Gasteiger partial charge in [-0.25, -0.2) is 9.67 Å². The molecule has 0 saturated carbocycles. The number of fused-ring (bicyclic) bond motifs is 2. The van der Waals surface area contributed by atoms with Crippen molar-refractivity contribution in [1.29, 1.82) is 0 Å². The monoisotopic (exact) mass is 366 g/mol. The minimum Gasteiger partial charge on any atom is -0.290 e. The summed E-state index contributed by atoms with van der Waals surface area (Å²) in [4.78, 5) is 17.5. The molecular weight excluding hydrogens is 348 g/mol. The van der Waals surface area contributed by atoms with Gasteiger partial charge in [-0.15, -0.1) is 5.10 Å². The first-order chi connectivity index (χ1) is 12.7. The first kappa shape index (κ1) is 16.7. The molecule has 0 radical (unpaired) electrons. The summed E-state index contributed by atoms with van der Waals surface area (Å²) in [6.07, 6.45) is 0.961. The Morgan fingerprint density at radius 1 is 1.15 bits per heavy atom. The third-order valence-electron chi connectivity index (χ3n) is 4.27. The van der Waals surface area contributed by atoms with Crippen LogP contribution < -0.4 is 5.56 Å². The Kier molecular flexibility index (Phi) is 4.42. The Labute approximate surface area is 154 Å². The molecule has 0 unspecified atom stereocenters. The second-order valence-corrected chi connectivity index (χ2v) is 7.02. The zero-order valence-electron chi connectivity index (χ0n) is 14.6. The van der Waals surface area contributed by atoms with Crippen LogP contribution in [0.25, 0.3) is 21.7 Å². The van der Waals surface area contributed by atoms with Crippen molar-refractivity contribution in [3.05, 3.63) is 52.6 Å². The van der Waals surface area contributed by atoms with E-state index in [9.17, 15) is 4.79 Å². The molecule has 0 aliphatic heterocycles. The molecular formula is C18H18N6OS. The highest BCUT2D eigenvalue weighted by atomic mass is 32.2. The fourth-order valence-electron chi connectivity index (χ4n) is 2.91. The summed E-state index contributed by atoms with van der Waals surface area (Å²) >= 11 is 1.47. The van der Waals surface area contributed by atoms with Crippen molar-refractivity contribution in [2.45, 2.75) is 30.8 Å². The Bertz CT molecular complexity index is 1150. The van der Waals surface area contributed by atoms with Gasteiger partial charge in [0.2, 0.25) is 0 Å². The summed E-state index contributed by atoms with van der Waals surface area (Å²) < 4.78 is 3.38. The van der Waals surface area contributed by atoms with Crippen molar-refractivity contribution in [2.24, 2.45) is 7.05 Å². The summed E-state index contributed by atoms with van der Waals surface area (Å²) in [5.74, 6) is 1.34. The number of nitrogens with zero attached hydrogens (tertiary/aromatic N) is 6. The Hall–Kier alpha value is -2.74. The fraction of sp³-hybridized carbons (Fsp3) is 0.278. The molecule has 0 amide bonds. The molecule has 0 spiro atoms. The molecule has 0 aliphatic carbocycles. The lowest BCUT2D eigenvalue weighted by molar-refractivity contribution is 0.564. The van der Waals surface area contributed by atoms with Gasteiger partial charge in [-0.05, 0) is 39.8 Å². The van der Waals surface area contributed by atoms with Gasteiger partial charge in [-0.3, -0.25) is 9.36 Å². The predicted molar refractivity (Wildman–Crippen MR) is 102 cm³/mol. The SMILES string of the molecule is CCCn1nnnc1CSc1nc2cc3ccccc3cc2c(=O)n1C. The van der Waals surface area contributed by atoms with Crippen LogP contribution >= 0.6 is 11.8 Å². The number of hydrogen-bond acceptors (Lipinski definition) is 6. The van der Waals surface area contributed by atoms with Crippen LogP contribution in [0.3, 0.4) is 0 Å². The van der Waals surface area contributed by atoms with Gasteiger partial charge in [0.15, 0.2) is 11.0 Å². The second kappa shape index (κ2) is 6.87. The molecule has 26 heavy (non-hydrogen) atoms. The largest absolute Gasteiger partial charge is 0.290 e. The molecule has 8 heteroatoms. The van der Waals surface area contributed by atoms with Gasteiger partial charge in [0, 0.05) is 13.6 Å². The van der Waals surface area contributed by atoms with Crippen molar-refractivity contribution in [1.82, 2.24) is 29.8 Å². The van der Waals surface area contributed by atoms with Gasteiger partial charge in [-0.1, -0.05) is 43.0 Å². The first-order valence-electron chi connectivity index (χ1n) is 8.44. The number of tetrazole rings is 1. The molecule has 132 valence electrons. The van der Waals surface area contributed by atoms with E-state index in [1.807, 2.05) is 36.4 Å². The molecule has 4 rings (SSSR count). The zero-order valence-corrected chi connectivity index (χ0v) is 15.4. The molecule has 4 aromatic rings. The lowest BCUT2D eigenvalue weighted by atomic mass is 10.1. The van der Waals surface area contributed by atoms with E-state index in [0.717, 1.165) is 29.6 Å². The highest BCUT2D eigenvalue weighted by Crippen LogP contribution is 2.23. The van der Waals surface area contributed by atoms with E-state index in [1.165, 1.54) is 11.8 Å². The summed E-state index contributed by atoms with van der Waals surface area (Å²) in [6.45, 7) is 2.86. The van der Waals surface area contributed by atoms with E-state index in [1.54, 1.807) is 16.3 Å². The minimum absolute atomic E-state index is 0.0450. The molecule has 2 aromatic carbocycles. The van der Waals surface area contributed by atoms with Gasteiger partial charge in [0.05, 0.1) is 16.7 Å². The molecule has 2 aromatic heterocycles. The average molecular weight is 366 g/mol. The molecule has 0 aliphatic rings. The highest BCUT2D eigenvalue weighted by Gasteiger charge is 2.12. The average Bonchev–Trinajstić information content (AvgIpc) is 3.10. The maximum Gasteiger partial charge on any atom is 0.261 e. The minimum atomic E-state index is -0.0450. The summed E-state index contributed by atoms with van der Waals surface area (Å²) in [6, 6.07) is 11.9. The van der Waals surface area contributed by atoms with Crippen LogP contribution in [0.15, 0.2) is 46.3 Å². The smallest absolute Gasteiger partial charge is 0.261 e. The van der Waals surface area contributed by atoms with Crippen molar-refractivity contribution >= 4 is 33.4 Å². The van der Waals surface area contributed by atoms with Crippen LogP contribution in [0, 0.1) is 0 Å². The van der Waals surface area contributed by atoms with Crippen LogP contribution in [0.4, 0.5) is 0 Å². The van der Waals surface area contributed by atoms with Gasteiger partial charge < -0.3 is 0 Å². The first-order valence-corrected chi connectivity index (χ1v) is 9.43. The third-order valence-corrected chi connectivity index (χ3v) is 5.30. The van der Waals surface area contributed by atoms with Crippen molar-refractivity contribution < 1.29 is 0 Å². The third kappa shape index (κ3) is 2.96. The van der Waals surface area contributed by atoms with E-state index in [0.29, 0.717) is 21.8 Å². The van der Waals surface area contributed by atoms with Gasteiger partial charge >= 0.3 is 0 Å². The van der Waals surface area contributed by atoms with Crippen LogP contribution in [0.2, 0.25) is 0 Å². The number of thioether (sulfide) groups is 1.